The Kier molecular flexibility index (Phi) is 6.44. The summed E-state index contributed by atoms with van der Waals surface area (Å²) in [5, 5.41) is 0.514. The molecule has 0 bridgehead atoms. The third-order valence-corrected chi connectivity index (χ3v) is 6.27. The second kappa shape index (κ2) is 8.63. The van der Waals surface area contributed by atoms with Crippen LogP contribution >= 0.6 is 0 Å². The Balaban J connectivity index is 2.17. The van der Waals surface area contributed by atoms with E-state index in [1.165, 1.54) is 29.0 Å². The number of halogens is 1. The lowest BCUT2D eigenvalue weighted by atomic mass is 10.1. The summed E-state index contributed by atoms with van der Waals surface area (Å²) in [4.78, 5) is 17.4. The molecule has 0 aliphatic rings. The molecular formula is C23H28FN3O4S. The van der Waals surface area contributed by atoms with Gasteiger partial charge in [0.05, 0.1) is 16.9 Å². The molecule has 3 rings (SSSR count). The number of pyridine rings is 1. The van der Waals surface area contributed by atoms with Crippen molar-refractivity contribution in [3.8, 4) is 11.4 Å². The van der Waals surface area contributed by atoms with Gasteiger partial charge in [0.1, 0.15) is 16.3 Å². The van der Waals surface area contributed by atoms with Crippen LogP contribution in [0.1, 0.15) is 47.1 Å². The summed E-state index contributed by atoms with van der Waals surface area (Å²) in [6.07, 6.45) is 1.07. The number of fused-ring (bicyclic) bond motifs is 1. The van der Waals surface area contributed by atoms with Crippen molar-refractivity contribution in [3.05, 3.63) is 47.9 Å². The van der Waals surface area contributed by atoms with Gasteiger partial charge < -0.3 is 4.74 Å². The quantitative estimate of drug-likeness (QED) is 0.585. The lowest BCUT2D eigenvalue weighted by Gasteiger charge is -2.21. The number of hydrogen-bond donors (Lipinski definition) is 1. The molecule has 0 atom stereocenters. The molecule has 0 saturated carbocycles. The highest BCUT2D eigenvalue weighted by molar-refractivity contribution is 7.89. The topological polar surface area (TPSA) is 90.3 Å². The van der Waals surface area contributed by atoms with E-state index in [2.05, 4.69) is 9.71 Å². The first-order chi connectivity index (χ1) is 14.8. The fourth-order valence-corrected chi connectivity index (χ4v) is 4.50. The summed E-state index contributed by atoms with van der Waals surface area (Å²) in [6, 6.07) is 7.32. The van der Waals surface area contributed by atoms with Crippen molar-refractivity contribution in [2.75, 3.05) is 0 Å². The van der Waals surface area contributed by atoms with E-state index in [4.69, 9.17) is 4.74 Å². The fourth-order valence-electron chi connectivity index (χ4n) is 3.30. The number of nitrogens with one attached hydrogen (secondary N) is 1. The molecule has 2 aromatic heterocycles. The average molecular weight is 462 g/mol. The number of ether oxygens (including phenoxy) is 1. The van der Waals surface area contributed by atoms with E-state index < -0.39 is 21.7 Å². The van der Waals surface area contributed by atoms with E-state index >= 15 is 0 Å². The molecule has 0 aliphatic heterocycles. The second-order valence-electron chi connectivity index (χ2n) is 8.86. The predicted octanol–water partition coefficient (Wildman–Crippen LogP) is 4.87. The Morgan fingerprint density at radius 3 is 2.44 bits per heavy atom. The van der Waals surface area contributed by atoms with Crippen molar-refractivity contribution < 1.29 is 22.3 Å². The minimum atomic E-state index is -3.71. The van der Waals surface area contributed by atoms with Crippen LogP contribution in [0.4, 0.5) is 9.18 Å². The Hall–Kier alpha value is -2.78. The number of hydrogen-bond acceptors (Lipinski definition) is 5. The number of carbonyl (C=O) groups is 1. The van der Waals surface area contributed by atoms with E-state index in [-0.39, 0.29) is 16.8 Å². The van der Waals surface area contributed by atoms with Gasteiger partial charge in [0.25, 0.3) is 0 Å². The third kappa shape index (κ3) is 4.99. The van der Waals surface area contributed by atoms with Gasteiger partial charge in [-0.05, 0) is 76.9 Å². The van der Waals surface area contributed by atoms with Crippen molar-refractivity contribution in [1.82, 2.24) is 14.3 Å². The van der Waals surface area contributed by atoms with Crippen molar-refractivity contribution in [1.29, 1.82) is 0 Å². The predicted molar refractivity (Wildman–Crippen MR) is 122 cm³/mol. The monoisotopic (exact) mass is 461 g/mol. The highest BCUT2D eigenvalue weighted by Crippen LogP contribution is 2.31. The second-order valence-corrected chi connectivity index (χ2v) is 10.6. The average Bonchev–Trinajstić information content (AvgIpc) is 3.03. The maximum Gasteiger partial charge on any atom is 0.419 e. The van der Waals surface area contributed by atoms with Gasteiger partial charge in [0.15, 0.2) is 0 Å². The Labute approximate surface area is 187 Å². The van der Waals surface area contributed by atoms with Gasteiger partial charge in [-0.3, -0.25) is 4.98 Å². The summed E-state index contributed by atoms with van der Waals surface area (Å²) in [5.41, 5.74) is 0.956. The Bertz CT molecular complexity index is 1260. The van der Waals surface area contributed by atoms with E-state index in [9.17, 15) is 17.6 Å². The molecule has 0 saturated heterocycles. The molecule has 32 heavy (non-hydrogen) atoms. The number of carbonyl (C=O) groups excluding carboxylic acids is 1. The maximum absolute atomic E-state index is 14.4. The lowest BCUT2D eigenvalue weighted by molar-refractivity contribution is 0.0547. The minimum Gasteiger partial charge on any atom is -0.443 e. The summed E-state index contributed by atoms with van der Waals surface area (Å²) >= 11 is 0. The first-order valence-corrected chi connectivity index (χ1v) is 11.9. The van der Waals surface area contributed by atoms with Crippen molar-refractivity contribution in [2.24, 2.45) is 0 Å². The van der Waals surface area contributed by atoms with Crippen LogP contribution in [-0.4, -0.2) is 35.7 Å². The van der Waals surface area contributed by atoms with Crippen molar-refractivity contribution >= 4 is 27.0 Å². The zero-order chi connectivity index (χ0) is 23.8. The first kappa shape index (κ1) is 23.9. The zero-order valence-corrected chi connectivity index (χ0v) is 19.9. The SMILES string of the molecule is CCc1cc2c(cc1F)cc(-c1ccc(S(=O)(=O)NC(C)C)cn1)n2C(=O)OC(C)(C)C. The van der Waals surface area contributed by atoms with Gasteiger partial charge in [-0.25, -0.2) is 26.9 Å². The molecule has 0 fully saturated rings. The summed E-state index contributed by atoms with van der Waals surface area (Å²) in [5.74, 6) is -0.359. The number of aromatic nitrogens is 2. The van der Waals surface area contributed by atoms with Gasteiger partial charge in [0, 0.05) is 17.6 Å². The highest BCUT2D eigenvalue weighted by atomic mass is 32.2. The Morgan fingerprint density at radius 2 is 1.91 bits per heavy atom. The molecule has 0 amide bonds. The van der Waals surface area contributed by atoms with Crippen LogP contribution in [0.15, 0.2) is 41.4 Å². The standard InChI is InChI=1S/C23H28FN3O4S/c1-7-15-11-20-16(10-18(15)24)12-21(27(20)22(28)31-23(4,5)6)19-9-8-17(13-25-19)32(29,30)26-14(2)3/h8-14,26H,7H2,1-6H3. The van der Waals surface area contributed by atoms with E-state index in [0.29, 0.717) is 34.3 Å². The van der Waals surface area contributed by atoms with Gasteiger partial charge in [-0.15, -0.1) is 0 Å². The molecule has 1 aromatic carbocycles. The van der Waals surface area contributed by atoms with E-state index in [1.807, 2.05) is 6.92 Å². The molecule has 0 aliphatic carbocycles. The van der Waals surface area contributed by atoms with Crippen molar-refractivity contribution in [3.63, 3.8) is 0 Å². The van der Waals surface area contributed by atoms with Crippen LogP contribution in [0.25, 0.3) is 22.3 Å². The van der Waals surface area contributed by atoms with Crippen LogP contribution in [0.3, 0.4) is 0 Å². The number of sulfonamides is 1. The smallest absolute Gasteiger partial charge is 0.419 e. The van der Waals surface area contributed by atoms with Gasteiger partial charge in [-0.2, -0.15) is 0 Å². The fraction of sp³-hybridized carbons (Fsp3) is 0.391. The van der Waals surface area contributed by atoms with Crippen molar-refractivity contribution in [2.45, 2.75) is 64.5 Å². The van der Waals surface area contributed by atoms with E-state index in [0.717, 1.165) is 0 Å². The summed E-state index contributed by atoms with van der Waals surface area (Å²) in [6.45, 7) is 10.6. The van der Waals surface area contributed by atoms with Gasteiger partial charge >= 0.3 is 6.09 Å². The molecule has 2 heterocycles. The molecule has 7 nitrogen and oxygen atoms in total. The van der Waals surface area contributed by atoms with E-state index in [1.54, 1.807) is 46.8 Å². The van der Waals surface area contributed by atoms with Crippen LogP contribution in [0, 0.1) is 5.82 Å². The molecule has 9 heteroatoms. The number of rotatable bonds is 5. The minimum absolute atomic E-state index is 0.00851. The van der Waals surface area contributed by atoms with Crippen LogP contribution in [0.2, 0.25) is 0 Å². The number of benzene rings is 1. The van der Waals surface area contributed by atoms with Crippen LogP contribution < -0.4 is 4.72 Å². The summed E-state index contributed by atoms with van der Waals surface area (Å²) < 4.78 is 48.6. The molecule has 172 valence electrons. The largest absolute Gasteiger partial charge is 0.443 e. The Morgan fingerprint density at radius 1 is 1.22 bits per heavy atom. The zero-order valence-electron chi connectivity index (χ0n) is 19.1. The molecule has 3 aromatic rings. The first-order valence-electron chi connectivity index (χ1n) is 10.4. The molecular weight excluding hydrogens is 433 g/mol. The molecule has 1 N–H and O–H groups in total. The normalized spacial score (nSPS) is 12.5. The molecule has 0 spiro atoms. The maximum atomic E-state index is 14.4. The number of nitrogens with zero attached hydrogens (tertiary/aromatic N) is 2. The third-order valence-electron chi connectivity index (χ3n) is 4.63. The van der Waals surface area contributed by atoms with Crippen LogP contribution in [-0.2, 0) is 21.2 Å². The van der Waals surface area contributed by atoms with Crippen LogP contribution in [0.5, 0.6) is 0 Å². The molecule has 0 unspecified atom stereocenters. The molecule has 0 radical (unpaired) electrons. The van der Waals surface area contributed by atoms with Gasteiger partial charge in [0.2, 0.25) is 10.0 Å². The summed E-state index contributed by atoms with van der Waals surface area (Å²) in [7, 11) is -3.71. The highest BCUT2D eigenvalue weighted by Gasteiger charge is 2.25. The van der Waals surface area contributed by atoms with Gasteiger partial charge in [-0.1, -0.05) is 6.92 Å². The lowest BCUT2D eigenvalue weighted by Crippen LogP contribution is -2.30. The number of aryl methyl sites for hydroxylation is 1.